The molecular weight excluding hydrogens is 431 g/mol. The number of rotatable bonds is 11. The summed E-state index contributed by atoms with van der Waals surface area (Å²) in [5.41, 5.74) is 0. The van der Waals surface area contributed by atoms with Crippen LogP contribution in [0.25, 0.3) is 0 Å². The zero-order valence-corrected chi connectivity index (χ0v) is 18.6. The third-order valence-electron chi connectivity index (χ3n) is 4.63. The number of aliphatic imine (C=N–C) groups is 1. The maximum atomic E-state index is 9.19. The summed E-state index contributed by atoms with van der Waals surface area (Å²) < 4.78 is 5.16. The second-order valence-electron chi connectivity index (χ2n) is 6.64. The zero-order chi connectivity index (χ0) is 17.6. The minimum absolute atomic E-state index is 0. The van der Waals surface area contributed by atoms with E-state index in [0.29, 0.717) is 12.0 Å². The second-order valence-corrected chi connectivity index (χ2v) is 6.64. The number of guanidine groups is 1. The number of nitrogens with one attached hydrogen (secondary N) is 2. The Balaban J connectivity index is 0.00000576. The Labute approximate surface area is 171 Å². The smallest absolute Gasteiger partial charge is 0.191 e. The van der Waals surface area contributed by atoms with Crippen molar-refractivity contribution in [2.45, 2.75) is 52.0 Å². The molecule has 1 aliphatic rings. The molecule has 150 valence electrons. The average Bonchev–Trinajstić information content (AvgIpc) is 2.59. The first kappa shape index (κ1) is 24.9. The lowest BCUT2D eigenvalue weighted by molar-refractivity contribution is 0.128. The molecule has 0 spiro atoms. The van der Waals surface area contributed by atoms with Crippen LogP contribution in [-0.4, -0.2) is 75.1 Å². The standard InChI is InChI=1S/C18H38N4O2.HI/c1-4-6-16(9-13-23)15-20-18(19-5-2)21-17-7-10-22(11-8-17)12-14-24-3;/h16-17,23H,4-15H2,1-3H3,(H2,19,20,21);1H. The van der Waals surface area contributed by atoms with Gasteiger partial charge in [0.25, 0.3) is 0 Å². The number of hydrogen-bond donors (Lipinski definition) is 3. The van der Waals surface area contributed by atoms with E-state index in [9.17, 15) is 5.11 Å². The van der Waals surface area contributed by atoms with Crippen LogP contribution in [0.1, 0.15) is 46.0 Å². The Bertz CT molecular complexity index is 331. The molecule has 3 N–H and O–H groups in total. The summed E-state index contributed by atoms with van der Waals surface area (Å²) in [6, 6.07) is 0.490. The summed E-state index contributed by atoms with van der Waals surface area (Å²) in [5.74, 6) is 1.40. The van der Waals surface area contributed by atoms with Crippen molar-refractivity contribution in [2.24, 2.45) is 10.9 Å². The first-order valence-corrected chi connectivity index (χ1v) is 9.60. The van der Waals surface area contributed by atoms with Crippen LogP contribution < -0.4 is 10.6 Å². The number of aliphatic hydroxyl groups is 1. The Morgan fingerprint density at radius 1 is 1.28 bits per heavy atom. The van der Waals surface area contributed by atoms with E-state index in [4.69, 9.17) is 9.73 Å². The van der Waals surface area contributed by atoms with Crippen LogP contribution in [0.3, 0.4) is 0 Å². The van der Waals surface area contributed by atoms with Crippen molar-refractivity contribution < 1.29 is 9.84 Å². The first-order valence-electron chi connectivity index (χ1n) is 9.60. The minimum Gasteiger partial charge on any atom is -0.396 e. The third kappa shape index (κ3) is 11.2. The first-order chi connectivity index (χ1) is 11.7. The zero-order valence-electron chi connectivity index (χ0n) is 16.3. The minimum atomic E-state index is 0. The van der Waals surface area contributed by atoms with E-state index in [1.807, 2.05) is 0 Å². The van der Waals surface area contributed by atoms with Crippen LogP contribution in [0, 0.1) is 5.92 Å². The van der Waals surface area contributed by atoms with Crippen LogP contribution in [0.5, 0.6) is 0 Å². The largest absolute Gasteiger partial charge is 0.396 e. The van der Waals surface area contributed by atoms with Crippen molar-refractivity contribution in [3.8, 4) is 0 Å². The highest BCUT2D eigenvalue weighted by atomic mass is 127. The van der Waals surface area contributed by atoms with Gasteiger partial charge in [0.2, 0.25) is 0 Å². The van der Waals surface area contributed by atoms with E-state index in [0.717, 1.165) is 77.4 Å². The predicted molar refractivity (Wildman–Crippen MR) is 116 cm³/mol. The van der Waals surface area contributed by atoms with Gasteiger partial charge >= 0.3 is 0 Å². The normalized spacial score (nSPS) is 17.8. The van der Waals surface area contributed by atoms with Crippen LogP contribution in [0.2, 0.25) is 0 Å². The fourth-order valence-corrected chi connectivity index (χ4v) is 3.17. The molecule has 1 atom stereocenters. The molecule has 0 aliphatic carbocycles. The number of methoxy groups -OCH3 is 1. The summed E-state index contributed by atoms with van der Waals surface area (Å²) in [4.78, 5) is 7.23. The summed E-state index contributed by atoms with van der Waals surface area (Å²) in [6.45, 7) is 10.3. The van der Waals surface area contributed by atoms with Gasteiger partial charge < -0.3 is 25.4 Å². The molecule has 0 aromatic heterocycles. The topological polar surface area (TPSA) is 69.1 Å². The molecule has 0 saturated carbocycles. The Hall–Kier alpha value is -0.120. The highest BCUT2D eigenvalue weighted by Crippen LogP contribution is 2.12. The number of halogens is 1. The van der Waals surface area contributed by atoms with Crippen molar-refractivity contribution in [1.29, 1.82) is 0 Å². The van der Waals surface area contributed by atoms with Gasteiger partial charge in [-0.3, -0.25) is 4.99 Å². The monoisotopic (exact) mass is 470 g/mol. The maximum absolute atomic E-state index is 9.19. The molecule has 0 aromatic carbocycles. The van der Waals surface area contributed by atoms with E-state index < -0.39 is 0 Å². The molecule has 7 heteroatoms. The molecule has 1 rings (SSSR count). The average molecular weight is 470 g/mol. The van der Waals surface area contributed by atoms with E-state index in [2.05, 4.69) is 29.4 Å². The quantitative estimate of drug-likeness (QED) is 0.245. The molecule has 1 unspecified atom stereocenters. The highest BCUT2D eigenvalue weighted by Gasteiger charge is 2.19. The second kappa shape index (κ2) is 16.1. The van der Waals surface area contributed by atoms with Gasteiger partial charge in [-0.1, -0.05) is 13.3 Å². The summed E-state index contributed by atoms with van der Waals surface area (Å²) in [5, 5.41) is 16.1. The number of nitrogens with zero attached hydrogens (tertiary/aromatic N) is 2. The lowest BCUT2D eigenvalue weighted by atomic mass is 10.0. The molecule has 1 aliphatic heterocycles. The SMILES string of the molecule is CCCC(CCO)CN=C(NCC)NC1CCN(CCOC)CC1.I. The Morgan fingerprint density at radius 3 is 2.56 bits per heavy atom. The molecule has 0 radical (unpaired) electrons. The molecule has 1 saturated heterocycles. The van der Waals surface area contributed by atoms with Gasteiger partial charge in [0.05, 0.1) is 6.61 Å². The van der Waals surface area contributed by atoms with Crippen molar-refractivity contribution in [1.82, 2.24) is 15.5 Å². The van der Waals surface area contributed by atoms with Crippen LogP contribution >= 0.6 is 24.0 Å². The molecule has 25 heavy (non-hydrogen) atoms. The Kier molecular flexibility index (Phi) is 16.0. The number of ether oxygens (including phenoxy) is 1. The number of piperidine rings is 1. The molecule has 0 amide bonds. The fourth-order valence-electron chi connectivity index (χ4n) is 3.17. The van der Waals surface area contributed by atoms with E-state index in [1.54, 1.807) is 7.11 Å². The van der Waals surface area contributed by atoms with Gasteiger partial charge in [-0.05, 0) is 38.5 Å². The van der Waals surface area contributed by atoms with Crippen LogP contribution in [-0.2, 0) is 4.74 Å². The summed E-state index contributed by atoms with van der Waals surface area (Å²) in [6.07, 6.45) is 5.40. The van der Waals surface area contributed by atoms with E-state index >= 15 is 0 Å². The number of aliphatic hydroxyl groups excluding tert-OH is 1. The lowest BCUT2D eigenvalue weighted by Gasteiger charge is -2.33. The van der Waals surface area contributed by atoms with Gasteiger partial charge in [-0.15, -0.1) is 24.0 Å². The highest BCUT2D eigenvalue weighted by molar-refractivity contribution is 14.0. The molecule has 1 fully saturated rings. The molecule has 1 heterocycles. The van der Waals surface area contributed by atoms with Crippen LogP contribution in [0.15, 0.2) is 4.99 Å². The van der Waals surface area contributed by atoms with Gasteiger partial charge in [0.15, 0.2) is 5.96 Å². The summed E-state index contributed by atoms with van der Waals surface area (Å²) in [7, 11) is 1.76. The predicted octanol–water partition coefficient (Wildman–Crippen LogP) is 2.07. The van der Waals surface area contributed by atoms with E-state index in [-0.39, 0.29) is 30.6 Å². The van der Waals surface area contributed by atoms with Crippen molar-refractivity contribution in [3.63, 3.8) is 0 Å². The van der Waals surface area contributed by atoms with E-state index in [1.165, 1.54) is 0 Å². The van der Waals surface area contributed by atoms with Gasteiger partial charge in [0, 0.05) is 52.5 Å². The molecule has 0 aromatic rings. The fraction of sp³-hybridized carbons (Fsp3) is 0.944. The maximum Gasteiger partial charge on any atom is 0.191 e. The van der Waals surface area contributed by atoms with Crippen molar-refractivity contribution >= 4 is 29.9 Å². The molecule has 6 nitrogen and oxygen atoms in total. The van der Waals surface area contributed by atoms with Gasteiger partial charge in [0.1, 0.15) is 0 Å². The van der Waals surface area contributed by atoms with Crippen molar-refractivity contribution in [2.75, 3.05) is 53.0 Å². The van der Waals surface area contributed by atoms with Crippen LogP contribution in [0.4, 0.5) is 0 Å². The van der Waals surface area contributed by atoms with Crippen molar-refractivity contribution in [3.05, 3.63) is 0 Å². The molecule has 0 bridgehead atoms. The Morgan fingerprint density at radius 2 is 2.00 bits per heavy atom. The van der Waals surface area contributed by atoms with Gasteiger partial charge in [-0.2, -0.15) is 0 Å². The summed E-state index contributed by atoms with van der Waals surface area (Å²) >= 11 is 0. The van der Waals surface area contributed by atoms with Gasteiger partial charge in [-0.25, -0.2) is 0 Å². The number of likely N-dealkylation sites (tertiary alicyclic amines) is 1. The molecular formula is C18H39IN4O2. The third-order valence-corrected chi connectivity index (χ3v) is 4.63. The number of hydrogen-bond acceptors (Lipinski definition) is 4. The lowest BCUT2D eigenvalue weighted by Crippen LogP contribution is -2.49.